The molecule has 0 aliphatic rings. The van der Waals surface area contributed by atoms with Gasteiger partial charge in [-0.1, -0.05) is 18.2 Å². The van der Waals surface area contributed by atoms with E-state index in [2.05, 4.69) is 15.3 Å². The molecule has 6 heteroatoms. The molecule has 0 bridgehead atoms. The van der Waals surface area contributed by atoms with Crippen molar-refractivity contribution in [2.24, 2.45) is 0 Å². The minimum atomic E-state index is -0.280. The predicted octanol–water partition coefficient (Wildman–Crippen LogP) is 2.96. The van der Waals surface area contributed by atoms with E-state index in [4.69, 9.17) is 0 Å². The molecule has 0 fully saturated rings. The van der Waals surface area contributed by atoms with E-state index in [1.807, 2.05) is 12.3 Å². The van der Waals surface area contributed by atoms with E-state index in [-0.39, 0.29) is 17.6 Å². The molecule has 0 unspecified atom stereocenters. The van der Waals surface area contributed by atoms with E-state index in [1.54, 1.807) is 31.2 Å². The standard InChI is InChI=1S/C15H15N3O2S/c1-9-12(10(2)19)14(21-3)18-15(16-9)17-13(20)11-7-5-4-6-8-11/h4-8H,1-3H3,(H,16,17,18,20). The fraction of sp³-hybridized carbons (Fsp3) is 0.200. The zero-order valence-corrected chi connectivity index (χ0v) is 12.8. The van der Waals surface area contributed by atoms with Crippen LogP contribution in [0.15, 0.2) is 35.4 Å². The largest absolute Gasteiger partial charge is 0.294 e. The highest BCUT2D eigenvalue weighted by molar-refractivity contribution is 7.98. The number of aromatic nitrogens is 2. The maximum Gasteiger partial charge on any atom is 0.258 e. The highest BCUT2D eigenvalue weighted by Gasteiger charge is 2.16. The summed E-state index contributed by atoms with van der Waals surface area (Å²) < 4.78 is 0. The third kappa shape index (κ3) is 3.46. The highest BCUT2D eigenvalue weighted by Crippen LogP contribution is 2.22. The molecule has 1 heterocycles. The van der Waals surface area contributed by atoms with Crippen molar-refractivity contribution >= 4 is 29.4 Å². The number of hydrogen-bond donors (Lipinski definition) is 1. The second kappa shape index (κ2) is 6.49. The van der Waals surface area contributed by atoms with Gasteiger partial charge in [0.1, 0.15) is 5.03 Å². The lowest BCUT2D eigenvalue weighted by molar-refractivity contribution is 0.101. The van der Waals surface area contributed by atoms with Crippen LogP contribution in [-0.2, 0) is 0 Å². The summed E-state index contributed by atoms with van der Waals surface area (Å²) in [7, 11) is 0. The normalized spacial score (nSPS) is 10.2. The molecule has 1 N–H and O–H groups in total. The fourth-order valence-electron chi connectivity index (χ4n) is 1.92. The zero-order valence-electron chi connectivity index (χ0n) is 12.0. The number of aryl methyl sites for hydroxylation is 1. The minimum Gasteiger partial charge on any atom is -0.294 e. The van der Waals surface area contributed by atoms with E-state index in [0.717, 1.165) is 0 Å². The number of carbonyl (C=O) groups is 2. The van der Waals surface area contributed by atoms with Crippen LogP contribution in [0, 0.1) is 6.92 Å². The number of ketones is 1. The van der Waals surface area contributed by atoms with E-state index >= 15 is 0 Å². The summed E-state index contributed by atoms with van der Waals surface area (Å²) >= 11 is 1.35. The van der Waals surface area contributed by atoms with Gasteiger partial charge in [0.25, 0.3) is 5.91 Å². The maximum atomic E-state index is 12.1. The highest BCUT2D eigenvalue weighted by atomic mass is 32.2. The first-order chi connectivity index (χ1) is 10.0. The molecule has 5 nitrogen and oxygen atoms in total. The molecule has 0 saturated heterocycles. The molecule has 1 amide bonds. The van der Waals surface area contributed by atoms with Gasteiger partial charge in [0.05, 0.1) is 11.3 Å². The minimum absolute atomic E-state index is 0.0854. The fourth-order valence-corrected chi connectivity index (χ4v) is 2.59. The van der Waals surface area contributed by atoms with Gasteiger partial charge in [-0.2, -0.15) is 0 Å². The van der Waals surface area contributed by atoms with Crippen LogP contribution in [0.2, 0.25) is 0 Å². The monoisotopic (exact) mass is 301 g/mol. The molecule has 1 aromatic heterocycles. The van der Waals surface area contributed by atoms with Crippen LogP contribution in [0.25, 0.3) is 0 Å². The number of nitrogens with zero attached hydrogens (tertiary/aromatic N) is 2. The van der Waals surface area contributed by atoms with E-state index in [9.17, 15) is 9.59 Å². The van der Waals surface area contributed by atoms with Crippen molar-refractivity contribution in [3.05, 3.63) is 47.2 Å². The summed E-state index contributed by atoms with van der Waals surface area (Å²) in [6, 6.07) is 8.83. The quantitative estimate of drug-likeness (QED) is 0.534. The Labute approximate surface area is 127 Å². The molecule has 0 atom stereocenters. The predicted molar refractivity (Wildman–Crippen MR) is 82.9 cm³/mol. The number of thioether (sulfide) groups is 1. The molecule has 108 valence electrons. The van der Waals surface area contributed by atoms with Crippen LogP contribution in [0.5, 0.6) is 0 Å². The van der Waals surface area contributed by atoms with Crippen molar-refractivity contribution in [1.82, 2.24) is 9.97 Å². The van der Waals surface area contributed by atoms with Gasteiger partial charge < -0.3 is 0 Å². The van der Waals surface area contributed by atoms with Gasteiger partial charge in [0, 0.05) is 5.56 Å². The second-order valence-electron chi connectivity index (χ2n) is 4.39. The van der Waals surface area contributed by atoms with Crippen molar-refractivity contribution in [1.29, 1.82) is 0 Å². The number of amides is 1. The number of benzene rings is 1. The van der Waals surface area contributed by atoms with Crippen LogP contribution in [0.3, 0.4) is 0 Å². The molecule has 0 spiro atoms. The van der Waals surface area contributed by atoms with E-state index < -0.39 is 0 Å². The molecule has 0 saturated carbocycles. The van der Waals surface area contributed by atoms with E-state index in [0.29, 0.717) is 21.8 Å². The first-order valence-corrected chi connectivity index (χ1v) is 7.55. The summed E-state index contributed by atoms with van der Waals surface area (Å²) in [6.07, 6.45) is 1.83. The molecular formula is C15H15N3O2S. The Morgan fingerprint density at radius 3 is 2.38 bits per heavy atom. The Hall–Kier alpha value is -2.21. The van der Waals surface area contributed by atoms with E-state index in [1.165, 1.54) is 18.7 Å². The summed E-state index contributed by atoms with van der Waals surface area (Å²) in [4.78, 5) is 32.1. The summed E-state index contributed by atoms with van der Waals surface area (Å²) in [5.41, 5.74) is 1.59. The van der Waals surface area contributed by atoms with Crippen molar-refractivity contribution in [2.75, 3.05) is 11.6 Å². The maximum absolute atomic E-state index is 12.1. The Morgan fingerprint density at radius 2 is 1.81 bits per heavy atom. The molecule has 0 radical (unpaired) electrons. The van der Waals surface area contributed by atoms with Gasteiger partial charge in [-0.05, 0) is 32.2 Å². The number of nitrogens with one attached hydrogen (secondary N) is 1. The molecule has 0 aliphatic heterocycles. The number of hydrogen-bond acceptors (Lipinski definition) is 5. The average Bonchev–Trinajstić information content (AvgIpc) is 2.46. The average molecular weight is 301 g/mol. The van der Waals surface area contributed by atoms with Gasteiger partial charge in [-0.3, -0.25) is 14.9 Å². The van der Waals surface area contributed by atoms with Crippen molar-refractivity contribution in [2.45, 2.75) is 18.9 Å². The summed E-state index contributed by atoms with van der Waals surface area (Å²) in [5, 5.41) is 3.22. The van der Waals surface area contributed by atoms with Crippen molar-refractivity contribution in [3.63, 3.8) is 0 Å². The SMILES string of the molecule is CSc1nc(NC(=O)c2ccccc2)nc(C)c1C(C)=O. The van der Waals surface area contributed by atoms with Crippen LogP contribution in [-0.4, -0.2) is 27.9 Å². The second-order valence-corrected chi connectivity index (χ2v) is 5.19. The Morgan fingerprint density at radius 1 is 1.14 bits per heavy atom. The number of anilines is 1. The first kappa shape index (κ1) is 15.2. The van der Waals surface area contributed by atoms with Gasteiger partial charge in [0.2, 0.25) is 5.95 Å². The Bertz CT molecular complexity index is 687. The lowest BCUT2D eigenvalue weighted by atomic mass is 10.2. The molecule has 2 aromatic rings. The Balaban J connectivity index is 2.32. The molecule has 1 aromatic carbocycles. The number of rotatable bonds is 4. The molecule has 21 heavy (non-hydrogen) atoms. The van der Waals surface area contributed by atoms with Gasteiger partial charge in [-0.15, -0.1) is 11.8 Å². The zero-order chi connectivity index (χ0) is 15.4. The summed E-state index contributed by atoms with van der Waals surface area (Å²) in [5.74, 6) is -0.161. The smallest absolute Gasteiger partial charge is 0.258 e. The lowest BCUT2D eigenvalue weighted by Gasteiger charge is -2.10. The van der Waals surface area contributed by atoms with Crippen molar-refractivity contribution in [3.8, 4) is 0 Å². The number of Topliss-reactive ketones (excluding diaryl/α,β-unsaturated/α-hetero) is 1. The van der Waals surface area contributed by atoms with Gasteiger partial charge in [0.15, 0.2) is 5.78 Å². The van der Waals surface area contributed by atoms with Crippen LogP contribution in [0.1, 0.15) is 33.3 Å². The van der Waals surface area contributed by atoms with Gasteiger partial charge >= 0.3 is 0 Å². The molecule has 0 aliphatic carbocycles. The Kier molecular flexibility index (Phi) is 4.70. The third-order valence-corrected chi connectivity index (χ3v) is 3.55. The number of carbonyl (C=O) groups excluding carboxylic acids is 2. The lowest BCUT2D eigenvalue weighted by Crippen LogP contribution is -2.16. The molecule has 2 rings (SSSR count). The molecular weight excluding hydrogens is 286 g/mol. The van der Waals surface area contributed by atoms with Gasteiger partial charge in [-0.25, -0.2) is 9.97 Å². The van der Waals surface area contributed by atoms with Crippen molar-refractivity contribution < 1.29 is 9.59 Å². The van der Waals surface area contributed by atoms with Crippen LogP contribution in [0.4, 0.5) is 5.95 Å². The topological polar surface area (TPSA) is 72.0 Å². The van der Waals surface area contributed by atoms with Crippen LogP contribution >= 0.6 is 11.8 Å². The first-order valence-electron chi connectivity index (χ1n) is 6.33. The van der Waals surface area contributed by atoms with Crippen LogP contribution < -0.4 is 5.32 Å². The summed E-state index contributed by atoms with van der Waals surface area (Å²) in [6.45, 7) is 3.21. The third-order valence-electron chi connectivity index (χ3n) is 2.86.